The number of nitrogens with two attached hydrogens (primary N) is 7. The molecule has 36 N–H and O–H groups in total. The predicted molar refractivity (Wildman–Crippen MR) is 498 cm³/mol. The van der Waals surface area contributed by atoms with Crippen molar-refractivity contribution >= 4 is 135 Å². The van der Waals surface area contributed by atoms with E-state index >= 15 is 0 Å². The maximum absolute atomic E-state index is 14.7. The highest BCUT2D eigenvalue weighted by Gasteiger charge is 2.40. The molecule has 2 aromatic heterocycles. The number of carbonyl (C=O) groups is 19. The van der Waals surface area contributed by atoms with E-state index < -0.39 is 228 Å². The number of benzene rings is 1. The number of thioether (sulfide) groups is 1. The van der Waals surface area contributed by atoms with Crippen LogP contribution in [0.15, 0.2) is 43.0 Å². The summed E-state index contributed by atoms with van der Waals surface area (Å²) in [5.41, 5.74) is 40.3. The summed E-state index contributed by atoms with van der Waals surface area (Å²) in [6.45, 7) is 13.0. The molecule has 14 atom stereocenters. The van der Waals surface area contributed by atoms with Crippen molar-refractivity contribution in [2.24, 2.45) is 57.9 Å². The molecule has 1 aromatic carbocycles. The van der Waals surface area contributed by atoms with Gasteiger partial charge in [0, 0.05) is 113 Å². The molecule has 0 aliphatic carbocycles. The summed E-state index contributed by atoms with van der Waals surface area (Å²) >= 11 is 1.44. The molecule has 0 saturated carbocycles. The van der Waals surface area contributed by atoms with Crippen molar-refractivity contribution in [3.05, 3.63) is 54.2 Å². The van der Waals surface area contributed by atoms with E-state index in [0.29, 0.717) is 86.4 Å². The van der Waals surface area contributed by atoms with Crippen LogP contribution in [0.1, 0.15) is 162 Å². The number of imidazole rings is 1. The first-order chi connectivity index (χ1) is 64.0. The summed E-state index contributed by atoms with van der Waals surface area (Å²) in [4.78, 5) is 268. The number of hydrogen-bond acceptors (Lipinski definition) is 29. The minimum Gasteiger partial charge on any atom is -0.370 e. The van der Waals surface area contributed by atoms with E-state index in [1.165, 1.54) is 31.2 Å². The Balaban J connectivity index is 1.27. The average molecular weight is 1920 g/mol. The number of H-pyrrole nitrogens is 2. The quantitative estimate of drug-likeness (QED) is 0.0233. The molecule has 0 bridgehead atoms. The van der Waals surface area contributed by atoms with E-state index in [2.05, 4.69) is 121 Å². The lowest BCUT2D eigenvalue weighted by Gasteiger charge is -2.37. The lowest BCUT2D eigenvalue weighted by molar-refractivity contribution is -0.136. The number of primary amides is 4. The molecule has 2 fully saturated rings. The number of rotatable bonds is 60. The van der Waals surface area contributed by atoms with E-state index in [9.17, 15) is 91.1 Å². The van der Waals surface area contributed by atoms with E-state index in [1.807, 2.05) is 20.1 Å². The zero-order chi connectivity index (χ0) is 100. The molecule has 2 aliphatic rings. The van der Waals surface area contributed by atoms with Crippen LogP contribution in [0.25, 0.3) is 10.9 Å². The van der Waals surface area contributed by atoms with Crippen molar-refractivity contribution in [1.29, 1.82) is 0 Å². The van der Waals surface area contributed by atoms with Gasteiger partial charge in [-0.15, -0.1) is 0 Å². The van der Waals surface area contributed by atoms with Gasteiger partial charge in [-0.1, -0.05) is 59.7 Å². The first-order valence-corrected chi connectivity index (χ1v) is 46.8. The summed E-state index contributed by atoms with van der Waals surface area (Å²) in [6.07, 6.45) is 5.27. The maximum atomic E-state index is 14.7. The van der Waals surface area contributed by atoms with Crippen molar-refractivity contribution in [2.45, 2.75) is 248 Å². The number of aromatic nitrogens is 3. The average Bonchev–Trinajstić information content (AvgIpc) is 1.71. The fourth-order valence-corrected chi connectivity index (χ4v) is 15.0. The number of amides is 19. The third kappa shape index (κ3) is 41.4. The van der Waals surface area contributed by atoms with Crippen LogP contribution < -0.4 is 146 Å². The van der Waals surface area contributed by atoms with Gasteiger partial charge in [-0.3, -0.25) is 102 Å². The van der Waals surface area contributed by atoms with Gasteiger partial charge in [0.2, 0.25) is 112 Å². The molecule has 4 heterocycles. The summed E-state index contributed by atoms with van der Waals surface area (Å²) < 4.78 is 0. The third-order valence-corrected chi connectivity index (χ3v) is 22.8. The molecule has 0 spiro atoms. The summed E-state index contributed by atoms with van der Waals surface area (Å²) in [6, 6.07) is -10.1. The van der Waals surface area contributed by atoms with Crippen LogP contribution in [0.4, 0.5) is 0 Å². The zero-order valence-electron chi connectivity index (χ0n) is 78.1. The Morgan fingerprint density at radius 2 is 1.05 bits per heavy atom. The van der Waals surface area contributed by atoms with Crippen LogP contribution in [0.2, 0.25) is 0 Å². The molecule has 752 valence electrons. The minimum absolute atomic E-state index is 0.0375. The first-order valence-electron chi connectivity index (χ1n) is 45.4. The van der Waals surface area contributed by atoms with Gasteiger partial charge >= 0.3 is 0 Å². The van der Waals surface area contributed by atoms with Gasteiger partial charge in [0.1, 0.15) is 78.2 Å². The van der Waals surface area contributed by atoms with Gasteiger partial charge in [-0.25, -0.2) is 4.98 Å². The second-order valence-corrected chi connectivity index (χ2v) is 36.0. The highest BCUT2D eigenvalue weighted by molar-refractivity contribution is 7.98. The topological polar surface area (TPSA) is 792 Å². The number of carbonyl (C=O) groups excluding carboxylic acids is 19. The van der Waals surface area contributed by atoms with Gasteiger partial charge in [0.25, 0.3) is 0 Å². The Bertz CT molecular complexity index is 4480. The fraction of sp³-hybridized carbons (Fsp3) is 0.647. The maximum Gasteiger partial charge on any atom is 0.243 e. The molecule has 5 rings (SSSR count). The monoisotopic (exact) mass is 1920 g/mol. The molecular formula is C85H142N30O19S. The normalized spacial score (nSPS) is 18.1. The van der Waals surface area contributed by atoms with Crippen LogP contribution in [0.3, 0.4) is 0 Å². The molecule has 50 heteroatoms. The molecular weight excluding hydrogens is 1780 g/mol. The Kier molecular flexibility index (Phi) is 49.0. The van der Waals surface area contributed by atoms with Crippen LogP contribution in [-0.4, -0.2) is 295 Å². The van der Waals surface area contributed by atoms with E-state index in [0.717, 1.165) is 0 Å². The van der Waals surface area contributed by atoms with E-state index in [1.54, 1.807) is 58.2 Å². The summed E-state index contributed by atoms with van der Waals surface area (Å²) in [7, 11) is 0. The number of nitrogens with zero attached hydrogens (tertiary/aromatic N) is 1. The lowest BCUT2D eigenvalue weighted by Crippen LogP contribution is -2.71. The number of fused-ring (bicyclic) bond motifs is 1. The fourth-order valence-electron chi connectivity index (χ4n) is 14.6. The Morgan fingerprint density at radius 1 is 0.519 bits per heavy atom. The van der Waals surface area contributed by atoms with Gasteiger partial charge in [-0.05, 0) is 132 Å². The number of aromatic amines is 2. The molecule has 2 aliphatic heterocycles. The summed E-state index contributed by atoms with van der Waals surface area (Å²) in [5.74, 6) is -17.1. The highest BCUT2D eigenvalue weighted by atomic mass is 32.2. The highest BCUT2D eigenvalue weighted by Crippen LogP contribution is 2.21. The van der Waals surface area contributed by atoms with Gasteiger partial charge < -0.3 is 146 Å². The van der Waals surface area contributed by atoms with Crippen molar-refractivity contribution in [3.8, 4) is 0 Å². The molecule has 2 saturated heterocycles. The smallest absolute Gasteiger partial charge is 0.243 e. The molecule has 19 amide bonds. The molecule has 3 aromatic rings. The standard InChI is InChI=1S/C85H142N30O19S/c1-46(2)31-59(111-75(126)55(108-77(128)57(19-22-64(88)116)109-76(127)56-21-24-67(119)104-56)17-11-13-26-93-27-14-12-18-68(120)115-85(41-87)43-95-29-28-94-42-84(92,40-86)101-45-102-85)74(125)98-38-69(121)106-63(35-66(90)118)82(133)110-58(20-23-65(89)117)78(129)113-61(33-50-36-97-53-16-10-9-15-52(50)53)79(130)103-49(7)73(124)114-71(48(5)6)83(134)99-39-70(122)105-62(34-51-37-96-44-100-51)81(132)112-60(32-47(3)4)80(131)107-54(72(91)123)25-30-135-8/h9-10,15-16,36-37,44,46-49,54-63,71,93-95,97,101-102H,11-14,17-35,38-43,45,86-87,92H2,1-8H3,(H2,88,116)(H2,89,117)(H2,90,118)(H2,91,123)(H,96,100)(H,98,125)(H,99,134)(H,103,130)(H,104,119)(H,105,122)(H,106,121)(H,107,131)(H,108,128)(H,109,127)(H,110,133)(H,111,126)(H,112,132)(H,113,129)(H,114,124)(H,115,120). The predicted octanol–water partition coefficient (Wildman–Crippen LogP) is -9.42. The van der Waals surface area contributed by atoms with Crippen LogP contribution in [0, 0.1) is 17.8 Å². The Morgan fingerprint density at radius 3 is 1.61 bits per heavy atom. The number of unbranched alkanes of at least 4 members (excludes halogenated alkanes) is 2. The van der Waals surface area contributed by atoms with Crippen molar-refractivity contribution in [2.75, 3.05) is 84.1 Å². The van der Waals surface area contributed by atoms with Crippen molar-refractivity contribution in [1.82, 2.24) is 121 Å². The van der Waals surface area contributed by atoms with Crippen LogP contribution >= 0.6 is 11.8 Å². The molecule has 14 unspecified atom stereocenters. The molecule has 0 radical (unpaired) electrons. The molecule has 135 heavy (non-hydrogen) atoms. The van der Waals surface area contributed by atoms with Crippen LogP contribution in [0.5, 0.6) is 0 Å². The lowest BCUT2D eigenvalue weighted by atomic mass is 10.0. The van der Waals surface area contributed by atoms with Gasteiger partial charge in [0.15, 0.2) is 0 Å². The largest absolute Gasteiger partial charge is 0.370 e. The Hall–Kier alpha value is -12.1. The number of nitrogens with one attached hydrogen (secondary N) is 22. The Labute approximate surface area is 787 Å². The van der Waals surface area contributed by atoms with Crippen molar-refractivity contribution < 1.29 is 91.1 Å². The van der Waals surface area contributed by atoms with Gasteiger partial charge in [-0.2, -0.15) is 11.8 Å². The minimum atomic E-state index is -1.91. The summed E-state index contributed by atoms with van der Waals surface area (Å²) in [5, 5.41) is 55.5. The van der Waals surface area contributed by atoms with Crippen molar-refractivity contribution in [3.63, 3.8) is 0 Å². The SMILES string of the molecule is CSCCC(NC(=O)C(CC(C)C)NC(=O)C(Cc1cnc[nH]1)NC(=O)CNC(=O)C(NC(=O)C(C)NC(=O)C(Cc1c[nH]c2ccccc12)NC(=O)C(CCC(N)=O)NC(=O)C(CC(N)=O)NC(=O)CNC(=O)C(CC(C)C)NC(=O)C(CCCCNCCCCC(=O)NC1(CN)CNCCNCC(N)(CN)NCN1)NC(=O)C(CCC(N)=O)NC(=O)C1CCC(=O)N1)C(C)C)C(N)=O. The molecule has 49 nitrogen and oxygen atoms in total. The third-order valence-electron chi connectivity index (χ3n) is 22.2. The number of para-hydroxylation sites is 1. The van der Waals surface area contributed by atoms with E-state index in [-0.39, 0.29) is 115 Å². The second kappa shape index (κ2) is 58.3. The van der Waals surface area contributed by atoms with Crippen LogP contribution in [-0.2, 0) is 104 Å². The first kappa shape index (κ1) is 113. The number of hydrogen-bond donors (Lipinski definition) is 29. The van der Waals surface area contributed by atoms with Gasteiger partial charge in [0.05, 0.1) is 31.5 Å². The zero-order valence-corrected chi connectivity index (χ0v) is 78.9. The van der Waals surface area contributed by atoms with E-state index in [4.69, 9.17) is 40.1 Å². The second-order valence-electron chi connectivity index (χ2n) is 35.0.